The number of benzene rings is 1. The van der Waals surface area contributed by atoms with Crippen LogP contribution < -0.4 is 5.32 Å². The number of carbonyl (C=O) groups excluding carboxylic acids is 1. The lowest BCUT2D eigenvalue weighted by Gasteiger charge is -2.38. The molecule has 8 heteroatoms. The summed E-state index contributed by atoms with van der Waals surface area (Å²) in [4.78, 5) is 14.3. The zero-order valence-corrected chi connectivity index (χ0v) is 15.8. The van der Waals surface area contributed by atoms with Gasteiger partial charge in [-0.3, -0.25) is 4.79 Å². The van der Waals surface area contributed by atoms with Gasteiger partial charge in [0.15, 0.2) is 0 Å². The molecule has 0 radical (unpaired) electrons. The molecule has 2 aromatic rings. The maximum Gasteiger partial charge on any atom is 0.227 e. The van der Waals surface area contributed by atoms with Crippen LogP contribution in [-0.4, -0.2) is 45.7 Å². The van der Waals surface area contributed by atoms with Crippen molar-refractivity contribution in [3.05, 3.63) is 40.7 Å². The molecule has 1 aromatic heterocycles. The molecular weight excluding hydrogens is 367 g/mol. The van der Waals surface area contributed by atoms with Gasteiger partial charge >= 0.3 is 0 Å². The average molecular weight is 390 g/mol. The Morgan fingerprint density at radius 2 is 1.96 bits per heavy atom. The quantitative estimate of drug-likeness (QED) is 0.793. The molecule has 2 heterocycles. The molecule has 4 rings (SSSR count). The number of aliphatic hydroxyl groups is 1. The van der Waals surface area contributed by atoms with Gasteiger partial charge in [-0.15, -0.1) is 10.2 Å². The van der Waals surface area contributed by atoms with Gasteiger partial charge in [-0.05, 0) is 43.4 Å². The molecule has 0 atom stereocenters. The first kappa shape index (κ1) is 18.5. The van der Waals surface area contributed by atoms with Crippen LogP contribution in [0.25, 0.3) is 0 Å². The second-order valence-corrected chi connectivity index (χ2v) is 8.41. The summed E-state index contributed by atoms with van der Waals surface area (Å²) in [6.45, 7) is 2.04. The third-order valence-electron chi connectivity index (χ3n) is 5.33. The lowest BCUT2D eigenvalue weighted by Crippen LogP contribution is -2.43. The number of aromatic nitrogens is 2. The SMILES string of the molecule is O=C(CCN1CCC(O)(c2ccc(F)cc2)CC1)Nc1nnc(C2CC2)s1. The number of nitrogens with zero attached hydrogens (tertiary/aromatic N) is 3. The molecule has 1 amide bonds. The van der Waals surface area contributed by atoms with Crippen molar-refractivity contribution >= 4 is 22.4 Å². The molecule has 1 aliphatic carbocycles. The number of rotatable bonds is 6. The summed E-state index contributed by atoms with van der Waals surface area (Å²) < 4.78 is 13.1. The number of nitrogens with one attached hydrogen (secondary N) is 1. The highest BCUT2D eigenvalue weighted by molar-refractivity contribution is 7.15. The van der Waals surface area contributed by atoms with Crippen molar-refractivity contribution in [2.45, 2.75) is 43.6 Å². The van der Waals surface area contributed by atoms with E-state index < -0.39 is 5.60 Å². The normalized spacial score (nSPS) is 19.8. The van der Waals surface area contributed by atoms with E-state index in [4.69, 9.17) is 0 Å². The monoisotopic (exact) mass is 390 g/mol. The first-order valence-corrected chi connectivity index (χ1v) is 10.2. The van der Waals surface area contributed by atoms with Crippen LogP contribution in [0.5, 0.6) is 0 Å². The zero-order valence-electron chi connectivity index (χ0n) is 15.0. The Bertz CT molecular complexity index is 798. The van der Waals surface area contributed by atoms with E-state index in [1.165, 1.54) is 36.3 Å². The van der Waals surface area contributed by atoms with Crippen LogP contribution in [-0.2, 0) is 10.4 Å². The topological polar surface area (TPSA) is 78.4 Å². The standard InChI is InChI=1S/C19H23FN4O2S/c20-15-5-3-14(4-6-15)19(26)8-11-24(12-9-19)10-7-16(25)21-18-23-22-17(27-18)13-1-2-13/h3-6,13,26H,1-2,7-12H2,(H,21,23,25). The molecular formula is C19H23FN4O2S. The lowest BCUT2D eigenvalue weighted by atomic mass is 9.84. The van der Waals surface area contributed by atoms with Crippen molar-refractivity contribution in [3.8, 4) is 0 Å². The third kappa shape index (κ3) is 4.51. The summed E-state index contributed by atoms with van der Waals surface area (Å²) in [5.41, 5.74) is -0.165. The highest BCUT2D eigenvalue weighted by atomic mass is 32.1. The average Bonchev–Trinajstić information content (AvgIpc) is 3.41. The van der Waals surface area contributed by atoms with Gasteiger partial charge in [0.25, 0.3) is 0 Å². The van der Waals surface area contributed by atoms with Crippen LogP contribution in [0.4, 0.5) is 9.52 Å². The number of carbonyl (C=O) groups is 1. The zero-order chi connectivity index (χ0) is 18.9. The molecule has 1 aromatic carbocycles. The fraction of sp³-hybridized carbons (Fsp3) is 0.526. The molecule has 144 valence electrons. The Hall–Kier alpha value is -1.90. The van der Waals surface area contributed by atoms with E-state index in [0.29, 0.717) is 49.9 Å². The maximum absolute atomic E-state index is 13.1. The number of halogens is 1. The first-order valence-electron chi connectivity index (χ1n) is 9.36. The van der Waals surface area contributed by atoms with Gasteiger partial charge in [-0.2, -0.15) is 0 Å². The second-order valence-electron chi connectivity index (χ2n) is 7.40. The minimum atomic E-state index is -0.918. The van der Waals surface area contributed by atoms with Gasteiger partial charge in [0, 0.05) is 32.0 Å². The molecule has 1 saturated carbocycles. The third-order valence-corrected chi connectivity index (χ3v) is 6.33. The Labute approximate surface area is 161 Å². The van der Waals surface area contributed by atoms with Gasteiger partial charge in [-0.1, -0.05) is 23.5 Å². The lowest BCUT2D eigenvalue weighted by molar-refractivity contribution is -0.116. The molecule has 27 heavy (non-hydrogen) atoms. The Kier molecular flexibility index (Phi) is 5.21. The van der Waals surface area contributed by atoms with E-state index in [9.17, 15) is 14.3 Å². The van der Waals surface area contributed by atoms with E-state index in [2.05, 4.69) is 20.4 Å². The van der Waals surface area contributed by atoms with E-state index in [-0.39, 0.29) is 11.7 Å². The van der Waals surface area contributed by atoms with Gasteiger partial charge in [-0.25, -0.2) is 4.39 Å². The second kappa shape index (κ2) is 7.61. The van der Waals surface area contributed by atoms with Crippen molar-refractivity contribution in [1.82, 2.24) is 15.1 Å². The van der Waals surface area contributed by atoms with Crippen LogP contribution in [0.15, 0.2) is 24.3 Å². The highest BCUT2D eigenvalue weighted by Crippen LogP contribution is 2.42. The van der Waals surface area contributed by atoms with Crippen LogP contribution in [0.1, 0.15) is 48.6 Å². The summed E-state index contributed by atoms with van der Waals surface area (Å²) in [5.74, 6) is 0.180. The highest BCUT2D eigenvalue weighted by Gasteiger charge is 2.34. The summed E-state index contributed by atoms with van der Waals surface area (Å²) in [6, 6.07) is 6.06. The van der Waals surface area contributed by atoms with E-state index in [1.807, 2.05) is 0 Å². The van der Waals surface area contributed by atoms with Crippen LogP contribution in [0.2, 0.25) is 0 Å². The first-order chi connectivity index (χ1) is 13.0. The minimum Gasteiger partial charge on any atom is -0.385 e. The number of amides is 1. The van der Waals surface area contributed by atoms with Crippen LogP contribution in [0, 0.1) is 5.82 Å². The number of hydrogen-bond donors (Lipinski definition) is 2. The fourth-order valence-electron chi connectivity index (χ4n) is 3.42. The predicted molar refractivity (Wildman–Crippen MR) is 101 cm³/mol. The molecule has 0 spiro atoms. The molecule has 1 saturated heterocycles. The van der Waals surface area contributed by atoms with Gasteiger partial charge in [0.05, 0.1) is 5.60 Å². The number of piperidine rings is 1. The maximum atomic E-state index is 13.1. The molecule has 0 bridgehead atoms. The molecule has 2 N–H and O–H groups in total. The summed E-state index contributed by atoms with van der Waals surface area (Å²) >= 11 is 1.46. The molecule has 2 fully saturated rings. The van der Waals surface area contributed by atoms with Crippen molar-refractivity contribution < 1.29 is 14.3 Å². The van der Waals surface area contributed by atoms with E-state index in [1.54, 1.807) is 12.1 Å². The molecule has 0 unspecified atom stereocenters. The number of hydrogen-bond acceptors (Lipinski definition) is 6. The minimum absolute atomic E-state index is 0.0622. The molecule has 2 aliphatic rings. The predicted octanol–water partition coefficient (Wildman–Crippen LogP) is 2.87. The fourth-order valence-corrected chi connectivity index (χ4v) is 4.35. The summed E-state index contributed by atoms with van der Waals surface area (Å²) in [7, 11) is 0. The van der Waals surface area contributed by atoms with E-state index >= 15 is 0 Å². The largest absolute Gasteiger partial charge is 0.385 e. The van der Waals surface area contributed by atoms with Crippen molar-refractivity contribution in [1.29, 1.82) is 0 Å². The van der Waals surface area contributed by atoms with Gasteiger partial charge in [0.2, 0.25) is 11.0 Å². The van der Waals surface area contributed by atoms with Crippen molar-refractivity contribution in [2.24, 2.45) is 0 Å². The Morgan fingerprint density at radius 3 is 2.63 bits per heavy atom. The van der Waals surface area contributed by atoms with Crippen LogP contribution in [0.3, 0.4) is 0 Å². The molecule has 1 aliphatic heterocycles. The smallest absolute Gasteiger partial charge is 0.227 e. The van der Waals surface area contributed by atoms with E-state index in [0.717, 1.165) is 10.6 Å². The number of likely N-dealkylation sites (tertiary alicyclic amines) is 1. The van der Waals surface area contributed by atoms with Crippen molar-refractivity contribution in [3.63, 3.8) is 0 Å². The van der Waals surface area contributed by atoms with Gasteiger partial charge in [0.1, 0.15) is 10.8 Å². The summed E-state index contributed by atoms with van der Waals surface area (Å²) in [5, 5.41) is 23.4. The van der Waals surface area contributed by atoms with Crippen molar-refractivity contribution in [2.75, 3.05) is 25.0 Å². The Balaban J connectivity index is 1.22. The van der Waals surface area contributed by atoms with Crippen LogP contribution >= 0.6 is 11.3 Å². The number of anilines is 1. The summed E-state index contributed by atoms with van der Waals surface area (Å²) in [6.07, 6.45) is 3.86. The van der Waals surface area contributed by atoms with Gasteiger partial charge < -0.3 is 15.3 Å². The molecule has 6 nitrogen and oxygen atoms in total. The Morgan fingerprint density at radius 1 is 1.26 bits per heavy atom.